The molecule has 94 valence electrons. The van der Waals surface area contributed by atoms with Gasteiger partial charge in [0.1, 0.15) is 0 Å². The van der Waals surface area contributed by atoms with Crippen LogP contribution in [0.5, 0.6) is 0 Å². The lowest BCUT2D eigenvalue weighted by molar-refractivity contribution is 0.636. The van der Waals surface area contributed by atoms with Crippen molar-refractivity contribution in [2.45, 2.75) is 31.6 Å². The van der Waals surface area contributed by atoms with Crippen molar-refractivity contribution in [3.63, 3.8) is 0 Å². The summed E-state index contributed by atoms with van der Waals surface area (Å²) in [6.07, 6.45) is 4.78. The van der Waals surface area contributed by atoms with Crippen LogP contribution in [0.4, 0.5) is 5.69 Å². The Morgan fingerprint density at radius 1 is 1.28 bits per heavy atom. The molecule has 0 spiro atoms. The van der Waals surface area contributed by atoms with E-state index in [0.29, 0.717) is 16.6 Å². The predicted octanol–water partition coefficient (Wildman–Crippen LogP) is 2.56. The van der Waals surface area contributed by atoms with E-state index in [1.165, 1.54) is 12.8 Å². The van der Waals surface area contributed by atoms with Gasteiger partial charge in [0.15, 0.2) is 5.82 Å². The summed E-state index contributed by atoms with van der Waals surface area (Å²) in [7, 11) is 0. The first kappa shape index (κ1) is 11.5. The maximum absolute atomic E-state index is 6.20. The van der Waals surface area contributed by atoms with Crippen molar-refractivity contribution in [1.82, 2.24) is 20.2 Å². The van der Waals surface area contributed by atoms with Crippen LogP contribution in [-0.2, 0) is 0 Å². The van der Waals surface area contributed by atoms with Gasteiger partial charge in [-0.1, -0.05) is 24.4 Å². The van der Waals surface area contributed by atoms with Crippen molar-refractivity contribution in [2.24, 2.45) is 0 Å². The lowest BCUT2D eigenvalue weighted by atomic mass is 10.1. The zero-order valence-corrected chi connectivity index (χ0v) is 10.6. The number of halogens is 1. The van der Waals surface area contributed by atoms with E-state index >= 15 is 0 Å². The van der Waals surface area contributed by atoms with Crippen molar-refractivity contribution in [3.05, 3.63) is 29.0 Å². The van der Waals surface area contributed by atoms with Crippen LogP contribution in [0, 0.1) is 0 Å². The van der Waals surface area contributed by atoms with Crippen molar-refractivity contribution < 1.29 is 0 Å². The highest BCUT2D eigenvalue weighted by atomic mass is 35.5. The van der Waals surface area contributed by atoms with Crippen LogP contribution < -0.4 is 5.73 Å². The molecule has 0 atom stereocenters. The molecule has 0 bridgehead atoms. The summed E-state index contributed by atoms with van der Waals surface area (Å²) < 4.78 is 1.73. The van der Waals surface area contributed by atoms with Crippen LogP contribution >= 0.6 is 11.6 Å². The number of nitrogen functional groups attached to an aromatic ring is 1. The molecule has 1 fully saturated rings. The van der Waals surface area contributed by atoms with Crippen LogP contribution in [0.1, 0.15) is 37.4 Å². The molecule has 1 aromatic carbocycles. The molecule has 0 aliphatic heterocycles. The molecule has 2 aromatic rings. The largest absolute Gasteiger partial charge is 0.399 e. The lowest BCUT2D eigenvalue weighted by Gasteiger charge is -2.11. The summed E-state index contributed by atoms with van der Waals surface area (Å²) in [6, 6.07) is 5.38. The Balaban J connectivity index is 2.03. The summed E-state index contributed by atoms with van der Waals surface area (Å²) in [4.78, 5) is 0. The highest BCUT2D eigenvalue weighted by molar-refractivity contribution is 6.32. The first-order valence-corrected chi connectivity index (χ1v) is 6.47. The normalized spacial score (nSPS) is 16.3. The first-order valence-electron chi connectivity index (χ1n) is 6.09. The summed E-state index contributed by atoms with van der Waals surface area (Å²) in [6.45, 7) is 0. The third kappa shape index (κ3) is 1.95. The SMILES string of the molecule is Nc1ccc(-n2nnnc2C2CCCC2)c(Cl)c1. The number of aromatic nitrogens is 4. The minimum absolute atomic E-state index is 0.439. The minimum atomic E-state index is 0.439. The number of hydrogen-bond donors (Lipinski definition) is 1. The third-order valence-corrected chi connectivity index (χ3v) is 3.72. The molecule has 6 heteroatoms. The molecule has 2 N–H and O–H groups in total. The molecular weight excluding hydrogens is 250 g/mol. The van der Waals surface area contributed by atoms with Gasteiger partial charge in [-0.2, -0.15) is 4.68 Å². The van der Waals surface area contributed by atoms with Gasteiger partial charge in [-0.15, -0.1) is 5.10 Å². The van der Waals surface area contributed by atoms with Gasteiger partial charge >= 0.3 is 0 Å². The first-order chi connectivity index (χ1) is 8.75. The fraction of sp³-hybridized carbons (Fsp3) is 0.417. The van der Waals surface area contributed by atoms with Gasteiger partial charge in [-0.3, -0.25) is 0 Å². The van der Waals surface area contributed by atoms with E-state index in [4.69, 9.17) is 17.3 Å². The summed E-state index contributed by atoms with van der Waals surface area (Å²) in [5, 5.41) is 12.6. The number of tetrazole rings is 1. The Labute approximate surface area is 110 Å². The number of benzene rings is 1. The number of nitrogens with two attached hydrogens (primary N) is 1. The fourth-order valence-corrected chi connectivity index (χ4v) is 2.77. The zero-order valence-electron chi connectivity index (χ0n) is 9.88. The van der Waals surface area contributed by atoms with Gasteiger partial charge in [-0.05, 0) is 41.5 Å². The molecule has 5 nitrogen and oxygen atoms in total. The van der Waals surface area contributed by atoms with Gasteiger partial charge in [0.25, 0.3) is 0 Å². The van der Waals surface area contributed by atoms with E-state index in [1.807, 2.05) is 6.07 Å². The molecule has 1 aromatic heterocycles. The molecule has 0 unspecified atom stereocenters. The Morgan fingerprint density at radius 3 is 2.78 bits per heavy atom. The molecule has 0 amide bonds. The number of hydrogen-bond acceptors (Lipinski definition) is 4. The van der Waals surface area contributed by atoms with E-state index in [2.05, 4.69) is 15.5 Å². The molecule has 1 heterocycles. The van der Waals surface area contributed by atoms with Crippen molar-refractivity contribution >= 4 is 17.3 Å². The standard InChI is InChI=1S/C12H14ClN5/c13-10-7-9(14)5-6-11(10)18-12(15-16-17-18)8-3-1-2-4-8/h5-8H,1-4,14H2. The predicted molar refractivity (Wildman–Crippen MR) is 69.8 cm³/mol. The monoisotopic (exact) mass is 263 g/mol. The van der Waals surface area contributed by atoms with E-state index in [9.17, 15) is 0 Å². The van der Waals surface area contributed by atoms with E-state index in [-0.39, 0.29) is 0 Å². The van der Waals surface area contributed by atoms with Crippen molar-refractivity contribution in [1.29, 1.82) is 0 Å². The average Bonchev–Trinajstić information content (AvgIpc) is 2.98. The Bertz CT molecular complexity index is 559. The van der Waals surface area contributed by atoms with Crippen molar-refractivity contribution in [2.75, 3.05) is 5.73 Å². The van der Waals surface area contributed by atoms with Crippen LogP contribution in [0.15, 0.2) is 18.2 Å². The molecule has 1 aliphatic rings. The Hall–Kier alpha value is -1.62. The Kier molecular flexibility index (Phi) is 2.91. The molecule has 3 rings (SSSR count). The molecule has 18 heavy (non-hydrogen) atoms. The highest BCUT2D eigenvalue weighted by Crippen LogP contribution is 2.34. The minimum Gasteiger partial charge on any atom is -0.399 e. The lowest BCUT2D eigenvalue weighted by Crippen LogP contribution is -2.07. The van der Waals surface area contributed by atoms with Crippen LogP contribution in [0.2, 0.25) is 5.02 Å². The van der Waals surface area contributed by atoms with E-state index in [0.717, 1.165) is 24.4 Å². The van der Waals surface area contributed by atoms with Gasteiger partial charge in [0.2, 0.25) is 0 Å². The fourth-order valence-electron chi connectivity index (χ4n) is 2.50. The smallest absolute Gasteiger partial charge is 0.159 e. The molecule has 0 saturated heterocycles. The zero-order chi connectivity index (χ0) is 12.5. The summed E-state index contributed by atoms with van der Waals surface area (Å²) >= 11 is 6.20. The van der Waals surface area contributed by atoms with Gasteiger partial charge in [0, 0.05) is 11.6 Å². The molecule has 1 aliphatic carbocycles. The van der Waals surface area contributed by atoms with Gasteiger partial charge in [0.05, 0.1) is 10.7 Å². The molecular formula is C12H14ClN5. The van der Waals surface area contributed by atoms with E-state index in [1.54, 1.807) is 16.8 Å². The van der Waals surface area contributed by atoms with Crippen LogP contribution in [-0.4, -0.2) is 20.2 Å². The van der Waals surface area contributed by atoms with Gasteiger partial charge in [-0.25, -0.2) is 0 Å². The van der Waals surface area contributed by atoms with Gasteiger partial charge < -0.3 is 5.73 Å². The van der Waals surface area contributed by atoms with E-state index < -0.39 is 0 Å². The molecule has 0 radical (unpaired) electrons. The summed E-state index contributed by atoms with van der Waals surface area (Å²) in [5.74, 6) is 1.34. The second kappa shape index (κ2) is 4.57. The number of anilines is 1. The quantitative estimate of drug-likeness (QED) is 0.846. The summed E-state index contributed by atoms with van der Waals surface area (Å²) in [5.41, 5.74) is 7.12. The maximum Gasteiger partial charge on any atom is 0.159 e. The second-order valence-corrected chi connectivity index (χ2v) is 5.05. The number of nitrogens with zero attached hydrogens (tertiary/aromatic N) is 4. The third-order valence-electron chi connectivity index (χ3n) is 3.41. The highest BCUT2D eigenvalue weighted by Gasteiger charge is 2.24. The van der Waals surface area contributed by atoms with Crippen molar-refractivity contribution in [3.8, 4) is 5.69 Å². The maximum atomic E-state index is 6.20. The van der Waals surface area contributed by atoms with Crippen LogP contribution in [0.3, 0.4) is 0 Å². The number of rotatable bonds is 2. The average molecular weight is 264 g/mol. The Morgan fingerprint density at radius 2 is 2.06 bits per heavy atom. The van der Waals surface area contributed by atoms with Crippen LogP contribution in [0.25, 0.3) is 5.69 Å². The second-order valence-electron chi connectivity index (χ2n) is 4.64. The molecule has 1 saturated carbocycles. The topological polar surface area (TPSA) is 69.6 Å².